The average molecular weight is 259 g/mol. The number of amides is 2. The number of carbonyl (C=O) groups excluding carboxylic acids is 2. The van der Waals surface area contributed by atoms with E-state index in [9.17, 15) is 9.59 Å². The van der Waals surface area contributed by atoms with Gasteiger partial charge in [-0.1, -0.05) is 31.0 Å². The number of carbonyl (C=O) groups is 2. The molecule has 0 unspecified atom stereocenters. The number of rotatable bonds is 2. The van der Waals surface area contributed by atoms with Gasteiger partial charge < -0.3 is 5.11 Å². The maximum absolute atomic E-state index is 12.7. The first kappa shape index (κ1) is 12.4. The van der Waals surface area contributed by atoms with Crippen LogP contribution in [-0.4, -0.2) is 35.0 Å². The number of nitrogens with zero attached hydrogens (tertiary/aromatic N) is 1. The Hall–Kier alpha value is -1.68. The summed E-state index contributed by atoms with van der Waals surface area (Å²) in [6.07, 6.45) is 3.64. The predicted molar refractivity (Wildman–Crippen MR) is 69.7 cm³/mol. The number of imide groups is 1. The van der Waals surface area contributed by atoms with Crippen LogP contribution in [0.2, 0.25) is 0 Å². The predicted octanol–water partition coefficient (Wildman–Crippen LogP) is 1.47. The largest absolute Gasteiger partial charge is 0.395 e. The monoisotopic (exact) mass is 259 g/mol. The fourth-order valence-electron chi connectivity index (χ4n) is 3.46. The number of β-amino-alcohol motifs (C(OH)–C–C–N with tert-alkyl or cyclic N) is 1. The van der Waals surface area contributed by atoms with E-state index in [0.717, 1.165) is 31.2 Å². The third kappa shape index (κ3) is 1.63. The third-order valence-corrected chi connectivity index (χ3v) is 4.35. The molecule has 100 valence electrons. The van der Waals surface area contributed by atoms with E-state index in [1.54, 1.807) is 6.07 Å². The lowest BCUT2D eigenvalue weighted by Gasteiger charge is -2.39. The molecular formula is C15H17NO3. The second-order valence-corrected chi connectivity index (χ2v) is 5.32. The number of fused-ring (bicyclic) bond motifs is 2. The van der Waals surface area contributed by atoms with Crippen LogP contribution in [0.4, 0.5) is 0 Å². The first-order chi connectivity index (χ1) is 9.20. The van der Waals surface area contributed by atoms with Crippen LogP contribution in [0.3, 0.4) is 0 Å². The van der Waals surface area contributed by atoms with Crippen LogP contribution < -0.4 is 0 Å². The lowest BCUT2D eigenvalue weighted by Crippen LogP contribution is -2.54. The van der Waals surface area contributed by atoms with Gasteiger partial charge in [0.15, 0.2) is 0 Å². The van der Waals surface area contributed by atoms with Gasteiger partial charge in [0.25, 0.3) is 5.91 Å². The van der Waals surface area contributed by atoms with Crippen molar-refractivity contribution in [1.29, 1.82) is 0 Å². The summed E-state index contributed by atoms with van der Waals surface area (Å²) < 4.78 is 0. The molecule has 0 saturated heterocycles. The van der Waals surface area contributed by atoms with E-state index in [2.05, 4.69) is 0 Å². The Balaban J connectivity index is 2.17. The van der Waals surface area contributed by atoms with Gasteiger partial charge in [-0.05, 0) is 24.5 Å². The van der Waals surface area contributed by atoms with Gasteiger partial charge in [-0.3, -0.25) is 14.5 Å². The van der Waals surface area contributed by atoms with Crippen LogP contribution in [0.25, 0.3) is 0 Å². The molecule has 0 atom stereocenters. The highest BCUT2D eigenvalue weighted by molar-refractivity contribution is 6.13. The van der Waals surface area contributed by atoms with Crippen molar-refractivity contribution in [3.8, 4) is 0 Å². The van der Waals surface area contributed by atoms with Crippen molar-refractivity contribution in [3.05, 3.63) is 35.4 Å². The summed E-state index contributed by atoms with van der Waals surface area (Å²) in [5.74, 6) is -0.394. The molecule has 0 aromatic heterocycles. The number of hydrogen-bond donors (Lipinski definition) is 1. The Morgan fingerprint density at radius 2 is 1.84 bits per heavy atom. The van der Waals surface area contributed by atoms with Crippen molar-refractivity contribution in [3.63, 3.8) is 0 Å². The molecule has 2 amide bonds. The van der Waals surface area contributed by atoms with Crippen LogP contribution >= 0.6 is 0 Å². The van der Waals surface area contributed by atoms with Gasteiger partial charge >= 0.3 is 0 Å². The molecular weight excluding hydrogens is 242 g/mol. The van der Waals surface area contributed by atoms with Gasteiger partial charge in [0.05, 0.1) is 18.6 Å². The van der Waals surface area contributed by atoms with Crippen molar-refractivity contribution in [2.75, 3.05) is 13.2 Å². The van der Waals surface area contributed by atoms with Gasteiger partial charge in [0.2, 0.25) is 5.91 Å². The fraction of sp³-hybridized carbons (Fsp3) is 0.467. The van der Waals surface area contributed by atoms with E-state index in [1.165, 1.54) is 4.90 Å². The van der Waals surface area contributed by atoms with Crippen LogP contribution in [0.15, 0.2) is 24.3 Å². The quantitative estimate of drug-likeness (QED) is 0.818. The van der Waals surface area contributed by atoms with E-state index in [-0.39, 0.29) is 25.0 Å². The summed E-state index contributed by atoms with van der Waals surface area (Å²) in [6.45, 7) is -0.0938. The van der Waals surface area contributed by atoms with Crippen molar-refractivity contribution in [2.24, 2.45) is 0 Å². The highest BCUT2D eigenvalue weighted by Crippen LogP contribution is 2.46. The van der Waals surface area contributed by atoms with E-state index in [4.69, 9.17) is 5.11 Å². The normalized spacial score (nSPS) is 21.0. The molecule has 0 radical (unpaired) electrons. The summed E-state index contributed by atoms with van der Waals surface area (Å²) in [5.41, 5.74) is 0.980. The summed E-state index contributed by atoms with van der Waals surface area (Å²) in [5, 5.41) is 9.09. The lowest BCUT2D eigenvalue weighted by molar-refractivity contribution is -0.135. The van der Waals surface area contributed by atoms with Crippen LogP contribution in [0.5, 0.6) is 0 Å². The summed E-state index contributed by atoms with van der Waals surface area (Å²) >= 11 is 0. The molecule has 1 saturated carbocycles. The van der Waals surface area contributed by atoms with Crippen molar-refractivity contribution in [2.45, 2.75) is 31.1 Å². The van der Waals surface area contributed by atoms with Gasteiger partial charge in [-0.15, -0.1) is 0 Å². The van der Waals surface area contributed by atoms with E-state index >= 15 is 0 Å². The molecule has 1 fully saturated rings. The molecule has 1 heterocycles. The Kier molecular flexibility index (Phi) is 2.90. The highest BCUT2D eigenvalue weighted by Gasteiger charge is 2.51. The molecule has 2 aliphatic rings. The minimum atomic E-state index is -0.528. The molecule has 0 bridgehead atoms. The maximum Gasteiger partial charge on any atom is 0.260 e. The Morgan fingerprint density at radius 1 is 1.16 bits per heavy atom. The minimum Gasteiger partial charge on any atom is -0.395 e. The number of hydrogen-bond acceptors (Lipinski definition) is 3. The molecule has 1 N–H and O–H groups in total. The van der Waals surface area contributed by atoms with Gasteiger partial charge in [-0.2, -0.15) is 0 Å². The molecule has 3 rings (SSSR count). The SMILES string of the molecule is O=C1c2ccccc2C2(CCCC2)C(=O)N1CCO. The minimum absolute atomic E-state index is 0.0910. The molecule has 1 spiro atoms. The van der Waals surface area contributed by atoms with Crippen molar-refractivity contribution < 1.29 is 14.7 Å². The molecule has 4 heteroatoms. The van der Waals surface area contributed by atoms with Crippen LogP contribution in [0, 0.1) is 0 Å². The average Bonchev–Trinajstić information content (AvgIpc) is 2.92. The van der Waals surface area contributed by atoms with Gasteiger partial charge in [0.1, 0.15) is 0 Å². The smallest absolute Gasteiger partial charge is 0.260 e. The second kappa shape index (κ2) is 4.46. The third-order valence-electron chi connectivity index (χ3n) is 4.35. The maximum atomic E-state index is 12.7. The van der Waals surface area contributed by atoms with Gasteiger partial charge in [-0.25, -0.2) is 0 Å². The summed E-state index contributed by atoms with van der Waals surface area (Å²) in [7, 11) is 0. The topological polar surface area (TPSA) is 57.6 Å². The first-order valence-electron chi connectivity index (χ1n) is 6.77. The van der Waals surface area contributed by atoms with Crippen molar-refractivity contribution in [1.82, 2.24) is 4.90 Å². The first-order valence-corrected chi connectivity index (χ1v) is 6.77. The molecule has 1 aliphatic heterocycles. The van der Waals surface area contributed by atoms with Crippen molar-refractivity contribution >= 4 is 11.8 Å². The molecule has 4 nitrogen and oxygen atoms in total. The summed E-state index contributed by atoms with van der Waals surface area (Å²) in [4.78, 5) is 26.3. The fourth-order valence-corrected chi connectivity index (χ4v) is 3.46. The van der Waals surface area contributed by atoms with E-state index in [0.29, 0.717) is 5.56 Å². The summed E-state index contributed by atoms with van der Waals surface area (Å²) in [6, 6.07) is 7.41. The zero-order chi connectivity index (χ0) is 13.5. The Labute approximate surface area is 112 Å². The van der Waals surface area contributed by atoms with Crippen LogP contribution in [-0.2, 0) is 10.2 Å². The Morgan fingerprint density at radius 3 is 2.53 bits per heavy atom. The number of aliphatic hydroxyl groups excluding tert-OH is 1. The second-order valence-electron chi connectivity index (χ2n) is 5.32. The van der Waals surface area contributed by atoms with E-state index in [1.807, 2.05) is 18.2 Å². The molecule has 1 aliphatic carbocycles. The van der Waals surface area contributed by atoms with Crippen LogP contribution in [0.1, 0.15) is 41.6 Å². The van der Waals surface area contributed by atoms with Gasteiger partial charge in [0, 0.05) is 5.56 Å². The zero-order valence-electron chi connectivity index (χ0n) is 10.8. The Bertz CT molecular complexity index is 532. The molecule has 19 heavy (non-hydrogen) atoms. The standard InChI is InChI=1S/C15H17NO3/c17-10-9-16-13(18)11-5-1-2-6-12(11)15(14(16)19)7-3-4-8-15/h1-2,5-6,17H,3-4,7-10H2. The van der Waals surface area contributed by atoms with E-state index < -0.39 is 5.41 Å². The lowest BCUT2D eigenvalue weighted by atomic mass is 9.73. The molecule has 1 aromatic rings. The number of benzene rings is 1. The molecule has 1 aromatic carbocycles. The zero-order valence-corrected chi connectivity index (χ0v) is 10.8. The number of aliphatic hydroxyl groups is 1. The highest BCUT2D eigenvalue weighted by atomic mass is 16.3.